The van der Waals surface area contributed by atoms with Gasteiger partial charge in [0.2, 0.25) is 11.8 Å². The Morgan fingerprint density at radius 2 is 2.11 bits per heavy atom. The van der Waals surface area contributed by atoms with E-state index in [9.17, 15) is 9.59 Å². The number of anilines is 1. The highest BCUT2D eigenvalue weighted by molar-refractivity contribution is 5.91. The third-order valence-electron chi connectivity index (χ3n) is 4.61. The van der Waals surface area contributed by atoms with Crippen molar-refractivity contribution in [3.05, 3.63) is 35.9 Å². The molecule has 7 heteroatoms. The van der Waals surface area contributed by atoms with Gasteiger partial charge in [-0.05, 0) is 33.2 Å². The SMILES string of the molecule is CCOC(=O)C1CCCN(CC(=O)Nc2cc(-c3ccc(C)cc3)no2)C1. The fraction of sp³-hybridized carbons (Fsp3) is 0.450. The molecule has 1 aliphatic heterocycles. The monoisotopic (exact) mass is 371 g/mol. The highest BCUT2D eigenvalue weighted by Gasteiger charge is 2.27. The van der Waals surface area contributed by atoms with E-state index in [0.717, 1.165) is 24.9 Å². The van der Waals surface area contributed by atoms with Gasteiger partial charge in [0.05, 0.1) is 19.1 Å². The molecule has 1 aliphatic rings. The average Bonchev–Trinajstić information content (AvgIpc) is 3.11. The van der Waals surface area contributed by atoms with Crippen LogP contribution < -0.4 is 5.32 Å². The summed E-state index contributed by atoms with van der Waals surface area (Å²) in [4.78, 5) is 26.2. The van der Waals surface area contributed by atoms with E-state index in [1.807, 2.05) is 36.1 Å². The number of amides is 1. The van der Waals surface area contributed by atoms with Crippen LogP contribution in [0.5, 0.6) is 0 Å². The predicted molar refractivity (Wildman–Crippen MR) is 101 cm³/mol. The molecular weight excluding hydrogens is 346 g/mol. The van der Waals surface area contributed by atoms with Crippen molar-refractivity contribution >= 4 is 17.8 Å². The zero-order valence-corrected chi connectivity index (χ0v) is 15.7. The summed E-state index contributed by atoms with van der Waals surface area (Å²) in [6, 6.07) is 9.63. The van der Waals surface area contributed by atoms with Gasteiger partial charge in [-0.3, -0.25) is 19.8 Å². The van der Waals surface area contributed by atoms with Gasteiger partial charge in [0.15, 0.2) is 0 Å². The maximum absolute atomic E-state index is 12.3. The van der Waals surface area contributed by atoms with E-state index in [0.29, 0.717) is 24.7 Å². The van der Waals surface area contributed by atoms with Crippen molar-refractivity contribution in [1.29, 1.82) is 0 Å². The molecule has 1 N–H and O–H groups in total. The Balaban J connectivity index is 1.53. The summed E-state index contributed by atoms with van der Waals surface area (Å²) >= 11 is 0. The van der Waals surface area contributed by atoms with E-state index in [1.54, 1.807) is 13.0 Å². The van der Waals surface area contributed by atoms with Crippen molar-refractivity contribution in [2.45, 2.75) is 26.7 Å². The van der Waals surface area contributed by atoms with Gasteiger partial charge in [-0.2, -0.15) is 0 Å². The van der Waals surface area contributed by atoms with Crippen molar-refractivity contribution in [3.8, 4) is 11.3 Å². The lowest BCUT2D eigenvalue weighted by Gasteiger charge is -2.30. The molecule has 1 aromatic carbocycles. The molecule has 2 heterocycles. The first-order valence-corrected chi connectivity index (χ1v) is 9.27. The minimum Gasteiger partial charge on any atom is -0.466 e. The number of piperidine rings is 1. The molecule has 2 aromatic rings. The number of hydrogen-bond donors (Lipinski definition) is 1. The van der Waals surface area contributed by atoms with E-state index in [-0.39, 0.29) is 24.3 Å². The Labute approximate surface area is 158 Å². The molecule has 0 saturated carbocycles. The maximum Gasteiger partial charge on any atom is 0.310 e. The van der Waals surface area contributed by atoms with Crippen LogP contribution in [0.15, 0.2) is 34.9 Å². The molecule has 1 amide bonds. The summed E-state index contributed by atoms with van der Waals surface area (Å²) in [5, 5.41) is 6.74. The Morgan fingerprint density at radius 3 is 2.85 bits per heavy atom. The molecule has 1 saturated heterocycles. The van der Waals surface area contributed by atoms with Crippen molar-refractivity contribution in [2.75, 3.05) is 31.6 Å². The van der Waals surface area contributed by atoms with Gasteiger partial charge in [-0.25, -0.2) is 0 Å². The van der Waals surface area contributed by atoms with Crippen molar-refractivity contribution in [2.24, 2.45) is 5.92 Å². The van der Waals surface area contributed by atoms with Crippen molar-refractivity contribution in [1.82, 2.24) is 10.1 Å². The first kappa shape index (κ1) is 19.1. The number of ether oxygens (including phenoxy) is 1. The average molecular weight is 371 g/mol. The van der Waals surface area contributed by atoms with Crippen molar-refractivity contribution < 1.29 is 18.8 Å². The lowest BCUT2D eigenvalue weighted by atomic mass is 9.98. The van der Waals surface area contributed by atoms with Crippen LogP contribution in [-0.2, 0) is 14.3 Å². The summed E-state index contributed by atoms with van der Waals surface area (Å²) in [6.07, 6.45) is 1.68. The predicted octanol–water partition coefficient (Wildman–Crippen LogP) is 2.86. The Kier molecular flexibility index (Phi) is 6.24. The number of aromatic nitrogens is 1. The van der Waals surface area contributed by atoms with Crippen LogP contribution >= 0.6 is 0 Å². The quantitative estimate of drug-likeness (QED) is 0.786. The second-order valence-electron chi connectivity index (χ2n) is 6.82. The van der Waals surface area contributed by atoms with Crippen LogP contribution in [0.25, 0.3) is 11.3 Å². The van der Waals surface area contributed by atoms with E-state index < -0.39 is 0 Å². The van der Waals surface area contributed by atoms with Gasteiger partial charge in [0, 0.05) is 18.2 Å². The summed E-state index contributed by atoms with van der Waals surface area (Å²) in [5.41, 5.74) is 2.77. The van der Waals surface area contributed by atoms with Crippen LogP contribution in [0, 0.1) is 12.8 Å². The molecule has 7 nitrogen and oxygen atoms in total. The standard InChI is InChI=1S/C20H25N3O4/c1-3-26-20(25)16-5-4-10-23(12-16)13-18(24)21-19-11-17(22-27-19)15-8-6-14(2)7-9-15/h6-9,11,16H,3-5,10,12-13H2,1-2H3,(H,21,24). The molecule has 144 valence electrons. The smallest absolute Gasteiger partial charge is 0.310 e. The van der Waals surface area contributed by atoms with Gasteiger partial charge >= 0.3 is 5.97 Å². The van der Waals surface area contributed by atoms with Crippen LogP contribution in [0.3, 0.4) is 0 Å². The van der Waals surface area contributed by atoms with E-state index in [4.69, 9.17) is 9.26 Å². The maximum atomic E-state index is 12.3. The van der Waals surface area contributed by atoms with Crippen LogP contribution in [0.4, 0.5) is 5.88 Å². The number of aryl methyl sites for hydroxylation is 1. The topological polar surface area (TPSA) is 84.7 Å². The van der Waals surface area contributed by atoms with Crippen LogP contribution in [0.1, 0.15) is 25.3 Å². The first-order valence-electron chi connectivity index (χ1n) is 9.27. The van der Waals surface area contributed by atoms with E-state index >= 15 is 0 Å². The van der Waals surface area contributed by atoms with Gasteiger partial charge < -0.3 is 9.26 Å². The zero-order valence-electron chi connectivity index (χ0n) is 15.7. The third-order valence-corrected chi connectivity index (χ3v) is 4.61. The lowest BCUT2D eigenvalue weighted by Crippen LogP contribution is -2.43. The number of hydrogen-bond acceptors (Lipinski definition) is 6. The molecule has 1 fully saturated rings. The first-order chi connectivity index (χ1) is 13.0. The molecule has 0 aliphatic carbocycles. The Morgan fingerprint density at radius 1 is 1.33 bits per heavy atom. The molecule has 0 spiro atoms. The minimum absolute atomic E-state index is 0.162. The minimum atomic E-state index is -0.189. The molecular formula is C20H25N3O4. The number of carbonyl (C=O) groups excluding carboxylic acids is 2. The van der Waals surface area contributed by atoms with Gasteiger partial charge in [0.1, 0.15) is 5.69 Å². The molecule has 3 rings (SSSR count). The Bertz CT molecular complexity index is 785. The molecule has 1 aromatic heterocycles. The normalized spacial score (nSPS) is 17.5. The summed E-state index contributed by atoms with van der Waals surface area (Å²) in [7, 11) is 0. The van der Waals surface area contributed by atoms with E-state index in [1.165, 1.54) is 5.56 Å². The molecule has 0 radical (unpaired) electrons. The third kappa shape index (κ3) is 5.17. The largest absolute Gasteiger partial charge is 0.466 e. The van der Waals surface area contributed by atoms with E-state index in [2.05, 4.69) is 10.5 Å². The molecule has 0 bridgehead atoms. The van der Waals surface area contributed by atoms with Crippen LogP contribution in [0.2, 0.25) is 0 Å². The fourth-order valence-corrected chi connectivity index (χ4v) is 3.23. The number of esters is 1. The van der Waals surface area contributed by atoms with Gasteiger partial charge in [-0.1, -0.05) is 35.0 Å². The summed E-state index contributed by atoms with van der Waals surface area (Å²) in [6.45, 7) is 5.73. The fourth-order valence-electron chi connectivity index (χ4n) is 3.23. The highest BCUT2D eigenvalue weighted by Crippen LogP contribution is 2.22. The molecule has 1 atom stereocenters. The molecule has 27 heavy (non-hydrogen) atoms. The second-order valence-corrected chi connectivity index (χ2v) is 6.82. The highest BCUT2D eigenvalue weighted by atomic mass is 16.5. The number of rotatable bonds is 6. The summed E-state index contributed by atoms with van der Waals surface area (Å²) in [5.74, 6) is -0.217. The lowest BCUT2D eigenvalue weighted by molar-refractivity contribution is -0.150. The number of carbonyl (C=O) groups is 2. The number of nitrogens with zero attached hydrogens (tertiary/aromatic N) is 2. The number of benzene rings is 1. The second kappa shape index (κ2) is 8.81. The Hall–Kier alpha value is -2.67. The van der Waals surface area contributed by atoms with Gasteiger partial charge in [-0.15, -0.1) is 0 Å². The zero-order chi connectivity index (χ0) is 19.2. The summed E-state index contributed by atoms with van der Waals surface area (Å²) < 4.78 is 10.3. The molecule has 1 unspecified atom stereocenters. The number of likely N-dealkylation sites (tertiary alicyclic amines) is 1. The van der Waals surface area contributed by atoms with Gasteiger partial charge in [0.25, 0.3) is 0 Å². The number of nitrogens with one attached hydrogen (secondary N) is 1. The van der Waals surface area contributed by atoms with Crippen LogP contribution in [-0.4, -0.2) is 48.2 Å². The van der Waals surface area contributed by atoms with Crippen molar-refractivity contribution in [3.63, 3.8) is 0 Å².